The fraction of sp³-hybridized carbons (Fsp3) is 0.389. The van der Waals surface area contributed by atoms with E-state index in [1.165, 1.54) is 187 Å². The predicted octanol–water partition coefficient (Wildman–Crippen LogP) is 21.0. The first kappa shape index (κ1) is 58.9. The molecule has 74 heavy (non-hydrogen) atoms. The summed E-state index contributed by atoms with van der Waals surface area (Å²) in [7, 11) is 0. The van der Waals surface area contributed by atoms with Crippen LogP contribution in [0, 0.1) is 26.7 Å². The van der Waals surface area contributed by atoms with E-state index in [0.717, 1.165) is 11.8 Å². The molecule has 0 amide bonds. The van der Waals surface area contributed by atoms with E-state index in [0.29, 0.717) is 0 Å². The van der Waals surface area contributed by atoms with Crippen molar-refractivity contribution in [1.29, 1.82) is 0 Å². The van der Waals surface area contributed by atoms with Crippen molar-refractivity contribution >= 4 is 28.4 Å². The van der Waals surface area contributed by atoms with Gasteiger partial charge in [0.2, 0.25) is 0 Å². The average molecular weight is 1070 g/mol. The van der Waals surface area contributed by atoms with Gasteiger partial charge in [0.05, 0.1) is 0 Å². The van der Waals surface area contributed by atoms with Gasteiger partial charge >= 0.3 is 30.2 Å². The van der Waals surface area contributed by atoms with Crippen LogP contribution in [0.15, 0.2) is 146 Å². The number of hydrogen-bond donors (Lipinski definition) is 0. The van der Waals surface area contributed by atoms with Crippen LogP contribution in [0.4, 0.5) is 0 Å². The molecule has 2 radical (unpaired) electrons. The molecule has 0 saturated heterocycles. The van der Waals surface area contributed by atoms with Crippen LogP contribution >= 0.6 is 0 Å². The molecule has 0 aromatic heterocycles. The van der Waals surface area contributed by atoms with Crippen LogP contribution < -0.4 is 0 Å². The fourth-order valence-corrected chi connectivity index (χ4v) is 11.7. The number of hydrogen-bond acceptors (Lipinski definition) is 0. The minimum absolute atomic E-state index is 0. The topological polar surface area (TPSA) is 0 Å². The van der Waals surface area contributed by atoms with E-state index < -0.39 is 0 Å². The molecule has 2 saturated carbocycles. The Morgan fingerprint density at radius 2 is 0.595 bits per heavy atom. The first-order chi connectivity index (χ1) is 34.2. The Hall–Kier alpha value is -4.36. The van der Waals surface area contributed by atoms with Crippen molar-refractivity contribution in [2.45, 2.75) is 169 Å². The molecule has 0 N–H and O–H groups in total. The third-order valence-electron chi connectivity index (χ3n) is 16.1. The van der Waals surface area contributed by atoms with Crippen LogP contribution in [0.5, 0.6) is 0 Å². The zero-order chi connectivity index (χ0) is 51.6. The molecular weight excluding hydrogens is 984 g/mol. The molecule has 0 heterocycles. The van der Waals surface area contributed by atoms with Crippen molar-refractivity contribution in [2.75, 3.05) is 0 Å². The number of rotatable bonds is 8. The second-order valence-corrected chi connectivity index (χ2v) is 25.7. The van der Waals surface area contributed by atoms with Crippen molar-refractivity contribution in [3.05, 3.63) is 194 Å². The van der Waals surface area contributed by atoms with Crippen molar-refractivity contribution in [3.63, 3.8) is 0 Å². The van der Waals surface area contributed by atoms with E-state index in [1.54, 1.807) is 0 Å². The number of benzene rings is 6. The van der Waals surface area contributed by atoms with Crippen molar-refractivity contribution in [1.82, 2.24) is 0 Å². The molecule has 0 bridgehead atoms. The van der Waals surface area contributed by atoms with Gasteiger partial charge in [-0.15, -0.1) is 44.8 Å². The van der Waals surface area contributed by atoms with Crippen molar-refractivity contribution < 1.29 is 23.3 Å². The zero-order valence-electron chi connectivity index (χ0n) is 48.1. The third-order valence-corrected chi connectivity index (χ3v) is 16.1. The summed E-state index contributed by atoms with van der Waals surface area (Å²) < 4.78 is 0. The van der Waals surface area contributed by atoms with E-state index in [1.807, 2.05) is 0 Å². The molecule has 8 aromatic carbocycles. The Labute approximate surface area is 467 Å². The van der Waals surface area contributed by atoms with Gasteiger partial charge in [-0.1, -0.05) is 289 Å². The third kappa shape index (κ3) is 13.8. The first-order valence-electron chi connectivity index (χ1n) is 27.3. The molecule has 0 nitrogen and oxygen atoms in total. The van der Waals surface area contributed by atoms with Gasteiger partial charge in [0.25, 0.3) is 0 Å². The monoisotopic (exact) mass is 1070 g/mol. The fourth-order valence-electron chi connectivity index (χ4n) is 11.7. The summed E-state index contributed by atoms with van der Waals surface area (Å²) in [6.45, 7) is 30.5. The molecule has 2 aliphatic carbocycles. The van der Waals surface area contributed by atoms with E-state index in [-0.39, 0.29) is 36.5 Å². The van der Waals surface area contributed by atoms with Gasteiger partial charge in [0.1, 0.15) is 0 Å². The van der Waals surface area contributed by atoms with Gasteiger partial charge < -0.3 is 14.9 Å². The van der Waals surface area contributed by atoms with Crippen molar-refractivity contribution in [2.24, 2.45) is 11.8 Å². The maximum atomic E-state index is 3.06. The molecule has 0 atom stereocenters. The summed E-state index contributed by atoms with van der Waals surface area (Å²) in [5.74, 6) is 1.71. The molecule has 10 rings (SSSR count). The van der Waals surface area contributed by atoms with E-state index in [4.69, 9.17) is 0 Å². The summed E-state index contributed by atoms with van der Waals surface area (Å²) in [6, 6.07) is 56.4. The molecule has 0 aliphatic heterocycles. The summed E-state index contributed by atoms with van der Waals surface area (Å²) >= 11 is 1.36. The Kier molecular flexibility index (Phi) is 19.4. The quantitative estimate of drug-likeness (QED) is 0.105. The molecule has 0 unspecified atom stereocenters. The molecule has 388 valence electrons. The predicted molar refractivity (Wildman–Crippen MR) is 326 cm³/mol. The minimum atomic E-state index is 0. The Balaban J connectivity index is 0.000000227. The number of fused-ring (bicyclic) bond motifs is 2. The average Bonchev–Trinajstić information content (AvgIpc) is 4.20. The molecular formula is C72H88SiZr-4. The molecule has 8 aromatic rings. The SMILES string of the molecule is CC(C)(C)c1ccc(-c2ccc(-c3ccc(C(C)(C)C)cc3)c3[cH-]c(CC4CCCC4)cc23)cc1.CC(C)(C)c1ccc(-c2ccc(-c3ccc(C(C)(C)C)cc3)c3[cH-]c(CC4CCCC4)cc23)cc1.[CH3-].[CH3-].[Si]=[Zr]. The van der Waals surface area contributed by atoms with Crippen LogP contribution in [0.2, 0.25) is 0 Å². The normalized spacial score (nSPS) is 14.5. The van der Waals surface area contributed by atoms with Gasteiger partial charge in [0.15, 0.2) is 0 Å². The van der Waals surface area contributed by atoms with Gasteiger partial charge in [0, 0.05) is 0 Å². The second-order valence-electron chi connectivity index (χ2n) is 25.7. The standard InChI is InChI=1S/2C35H41.2CH3.Si.Zr/c2*1-34(2,3)28-15-11-26(12-16-28)30-19-20-31(27-13-17-29(18-14-27)35(4,5)6)33-23-25(22-32(30)33)21-24-9-7-8-10-24;;;;/h2*11-20,22-24H,7-10,21H2,1-6H3;2*1H3;;/q4*-1;;. The second kappa shape index (κ2) is 24.3. The van der Waals surface area contributed by atoms with Gasteiger partial charge in [-0.05, 0) is 79.7 Å². The zero-order valence-corrected chi connectivity index (χ0v) is 51.5. The van der Waals surface area contributed by atoms with Crippen LogP contribution in [-0.4, -0.2) is 6.88 Å². The maximum absolute atomic E-state index is 3.06. The van der Waals surface area contributed by atoms with Crippen LogP contribution in [-0.2, 0) is 57.8 Å². The Bertz CT molecular complexity index is 2640. The Morgan fingerprint density at radius 1 is 0.365 bits per heavy atom. The van der Waals surface area contributed by atoms with E-state index in [2.05, 4.69) is 236 Å². The summed E-state index contributed by atoms with van der Waals surface area (Å²) in [6.07, 6.45) is 13.6. The Morgan fingerprint density at radius 3 is 0.838 bits per heavy atom. The van der Waals surface area contributed by atoms with Gasteiger partial charge in [-0.2, -0.15) is 12.1 Å². The molecule has 0 spiro atoms. The summed E-state index contributed by atoms with van der Waals surface area (Å²) in [5.41, 5.74) is 19.9. The molecule has 2 aliphatic rings. The summed E-state index contributed by atoms with van der Waals surface area (Å²) in [5, 5.41) is 5.61. The van der Waals surface area contributed by atoms with Crippen LogP contribution in [0.25, 0.3) is 66.1 Å². The van der Waals surface area contributed by atoms with Gasteiger partial charge in [-0.25, -0.2) is 0 Å². The van der Waals surface area contributed by atoms with Crippen LogP contribution in [0.1, 0.15) is 168 Å². The van der Waals surface area contributed by atoms with Gasteiger partial charge in [-0.3, -0.25) is 0 Å². The molecule has 2 fully saturated rings. The van der Waals surface area contributed by atoms with Crippen molar-refractivity contribution in [3.8, 4) is 44.5 Å². The molecule has 2 heteroatoms. The first-order valence-corrected chi connectivity index (χ1v) is 31.5. The van der Waals surface area contributed by atoms with Crippen LogP contribution in [0.3, 0.4) is 0 Å². The summed E-state index contributed by atoms with van der Waals surface area (Å²) in [4.78, 5) is 0. The van der Waals surface area contributed by atoms with E-state index >= 15 is 0 Å². The van der Waals surface area contributed by atoms with E-state index in [9.17, 15) is 0 Å².